The Hall–Kier alpha value is -1.92. The lowest BCUT2D eigenvalue weighted by molar-refractivity contribution is 0.209. The Bertz CT molecular complexity index is 391. The van der Waals surface area contributed by atoms with E-state index in [1.54, 1.807) is 0 Å². The van der Waals surface area contributed by atoms with Crippen molar-refractivity contribution in [3.63, 3.8) is 0 Å². The molecular weight excluding hydrogens is 200 g/mol. The zero-order valence-electron chi connectivity index (χ0n) is 8.10. The highest BCUT2D eigenvalue weighted by Crippen LogP contribution is 2.38. The first-order valence-corrected chi connectivity index (χ1v) is 4.49. The molecule has 7 heteroatoms. The number of nitrogens with zero attached hydrogens (tertiary/aromatic N) is 3. The van der Waals surface area contributed by atoms with Crippen LogP contribution >= 0.6 is 0 Å². The van der Waals surface area contributed by atoms with Crippen molar-refractivity contribution in [2.45, 2.75) is 18.8 Å². The SMILES string of the molecule is COc1nc(NC(=O)O)nc(C2CC2)n1. The minimum atomic E-state index is -1.20. The van der Waals surface area contributed by atoms with E-state index in [0.717, 1.165) is 12.8 Å². The van der Waals surface area contributed by atoms with Crippen LogP contribution < -0.4 is 10.1 Å². The van der Waals surface area contributed by atoms with Crippen molar-refractivity contribution in [2.24, 2.45) is 0 Å². The van der Waals surface area contributed by atoms with Crippen molar-refractivity contribution in [1.29, 1.82) is 0 Å². The zero-order chi connectivity index (χ0) is 10.8. The maximum atomic E-state index is 10.4. The number of rotatable bonds is 3. The first-order chi connectivity index (χ1) is 7.19. The van der Waals surface area contributed by atoms with E-state index in [9.17, 15) is 4.79 Å². The summed E-state index contributed by atoms with van der Waals surface area (Å²) in [7, 11) is 1.43. The van der Waals surface area contributed by atoms with Gasteiger partial charge in [-0.15, -0.1) is 0 Å². The van der Waals surface area contributed by atoms with Crippen LogP contribution in [0.3, 0.4) is 0 Å². The van der Waals surface area contributed by atoms with Crippen molar-refractivity contribution >= 4 is 12.0 Å². The Balaban J connectivity index is 2.28. The number of aromatic nitrogens is 3. The standard InChI is InChI=1S/C8H10N4O3/c1-15-7-10-5(4-2-3-4)9-6(11-7)12-8(13)14/h4H,2-3H2,1H3,(H,13,14)(H,9,10,11,12). The molecule has 1 fully saturated rings. The number of nitrogens with one attached hydrogen (secondary N) is 1. The predicted octanol–water partition coefficient (Wildman–Crippen LogP) is 0.847. The molecule has 2 N–H and O–H groups in total. The van der Waals surface area contributed by atoms with Crippen molar-refractivity contribution in [3.8, 4) is 6.01 Å². The second kappa shape index (κ2) is 3.68. The summed E-state index contributed by atoms with van der Waals surface area (Å²) in [5.74, 6) is 0.915. The van der Waals surface area contributed by atoms with Crippen LogP contribution in [-0.2, 0) is 0 Å². The molecule has 0 bridgehead atoms. The van der Waals surface area contributed by atoms with E-state index in [1.165, 1.54) is 7.11 Å². The molecule has 1 amide bonds. The van der Waals surface area contributed by atoms with Gasteiger partial charge in [0, 0.05) is 5.92 Å². The molecule has 1 saturated carbocycles. The second-order valence-electron chi connectivity index (χ2n) is 3.21. The fraction of sp³-hybridized carbons (Fsp3) is 0.500. The third kappa shape index (κ3) is 2.30. The third-order valence-electron chi connectivity index (χ3n) is 1.98. The van der Waals surface area contributed by atoms with Crippen LogP contribution in [0.1, 0.15) is 24.6 Å². The first-order valence-electron chi connectivity index (χ1n) is 4.49. The van der Waals surface area contributed by atoms with Crippen LogP contribution in [0, 0.1) is 0 Å². The maximum absolute atomic E-state index is 10.4. The number of carbonyl (C=O) groups is 1. The number of hydrogen-bond acceptors (Lipinski definition) is 5. The van der Waals surface area contributed by atoms with E-state index in [1.807, 2.05) is 0 Å². The van der Waals surface area contributed by atoms with Crippen LogP contribution in [0.2, 0.25) is 0 Å². The summed E-state index contributed by atoms with van der Waals surface area (Å²) in [5, 5.41) is 10.6. The van der Waals surface area contributed by atoms with E-state index in [4.69, 9.17) is 9.84 Å². The highest BCUT2D eigenvalue weighted by Gasteiger charge is 2.28. The Kier molecular flexibility index (Phi) is 2.36. The lowest BCUT2D eigenvalue weighted by Crippen LogP contribution is -2.13. The molecule has 80 valence electrons. The Morgan fingerprint density at radius 1 is 1.47 bits per heavy atom. The van der Waals surface area contributed by atoms with E-state index in [2.05, 4.69) is 20.3 Å². The molecule has 15 heavy (non-hydrogen) atoms. The largest absolute Gasteiger partial charge is 0.467 e. The van der Waals surface area contributed by atoms with Gasteiger partial charge in [0.25, 0.3) is 0 Å². The lowest BCUT2D eigenvalue weighted by atomic mass is 10.4. The van der Waals surface area contributed by atoms with Crippen LogP contribution in [0.4, 0.5) is 10.7 Å². The molecule has 1 aromatic heterocycles. The minimum absolute atomic E-state index is 0.0104. The first kappa shape index (κ1) is 9.63. The molecule has 1 aromatic rings. The molecule has 1 heterocycles. The van der Waals surface area contributed by atoms with E-state index in [0.29, 0.717) is 11.7 Å². The van der Waals surface area contributed by atoms with Crippen LogP contribution in [0.5, 0.6) is 6.01 Å². The minimum Gasteiger partial charge on any atom is -0.467 e. The summed E-state index contributed by atoms with van der Waals surface area (Å²) in [6, 6.07) is 0.135. The Morgan fingerprint density at radius 3 is 2.73 bits per heavy atom. The third-order valence-corrected chi connectivity index (χ3v) is 1.98. The molecule has 0 aromatic carbocycles. The van der Waals surface area contributed by atoms with Gasteiger partial charge in [-0.1, -0.05) is 0 Å². The number of carboxylic acid groups (broad SMARTS) is 1. The number of ether oxygens (including phenoxy) is 1. The normalized spacial score (nSPS) is 14.7. The average Bonchev–Trinajstić information content (AvgIpc) is 2.99. The lowest BCUT2D eigenvalue weighted by Gasteiger charge is -2.04. The van der Waals surface area contributed by atoms with Crippen molar-refractivity contribution in [3.05, 3.63) is 5.82 Å². The topological polar surface area (TPSA) is 97.2 Å². The fourth-order valence-corrected chi connectivity index (χ4v) is 1.14. The number of amides is 1. The summed E-state index contributed by atoms with van der Waals surface area (Å²) >= 11 is 0. The molecule has 7 nitrogen and oxygen atoms in total. The van der Waals surface area contributed by atoms with Gasteiger partial charge in [0.2, 0.25) is 5.95 Å². The zero-order valence-corrected chi connectivity index (χ0v) is 8.10. The summed E-state index contributed by atoms with van der Waals surface area (Å²) < 4.78 is 4.86. The summed E-state index contributed by atoms with van der Waals surface area (Å²) in [6.45, 7) is 0. The van der Waals surface area contributed by atoms with Gasteiger partial charge in [-0.2, -0.15) is 15.0 Å². The maximum Gasteiger partial charge on any atom is 0.411 e. The van der Waals surface area contributed by atoms with E-state index < -0.39 is 6.09 Å². The predicted molar refractivity (Wildman–Crippen MR) is 50.0 cm³/mol. The van der Waals surface area contributed by atoms with Gasteiger partial charge < -0.3 is 9.84 Å². The molecule has 0 spiro atoms. The molecule has 1 aliphatic rings. The fourth-order valence-electron chi connectivity index (χ4n) is 1.14. The molecule has 2 rings (SSSR count). The molecular formula is C8H10N4O3. The molecule has 0 atom stereocenters. The molecule has 1 aliphatic carbocycles. The summed E-state index contributed by atoms with van der Waals surface area (Å²) in [4.78, 5) is 22.2. The highest BCUT2D eigenvalue weighted by molar-refractivity contribution is 5.80. The van der Waals surface area contributed by atoms with Crippen molar-refractivity contribution in [2.75, 3.05) is 12.4 Å². The van der Waals surface area contributed by atoms with Gasteiger partial charge >= 0.3 is 12.1 Å². The highest BCUT2D eigenvalue weighted by atomic mass is 16.5. The van der Waals surface area contributed by atoms with Gasteiger partial charge in [-0.05, 0) is 12.8 Å². The molecule has 0 radical (unpaired) electrons. The summed E-state index contributed by atoms with van der Waals surface area (Å²) in [5.41, 5.74) is 0. The molecule has 0 unspecified atom stereocenters. The van der Waals surface area contributed by atoms with Gasteiger partial charge in [-0.25, -0.2) is 4.79 Å². The van der Waals surface area contributed by atoms with Crippen LogP contribution in [0.25, 0.3) is 0 Å². The van der Waals surface area contributed by atoms with Gasteiger partial charge in [0.1, 0.15) is 5.82 Å². The number of anilines is 1. The Labute approximate surface area is 85.5 Å². The summed E-state index contributed by atoms with van der Waals surface area (Å²) in [6.07, 6.45) is 0.851. The smallest absolute Gasteiger partial charge is 0.411 e. The Morgan fingerprint density at radius 2 is 2.20 bits per heavy atom. The second-order valence-corrected chi connectivity index (χ2v) is 3.21. The quantitative estimate of drug-likeness (QED) is 0.767. The monoisotopic (exact) mass is 210 g/mol. The van der Waals surface area contributed by atoms with Gasteiger partial charge in [0.15, 0.2) is 0 Å². The molecule has 0 aliphatic heterocycles. The average molecular weight is 210 g/mol. The van der Waals surface area contributed by atoms with E-state index >= 15 is 0 Å². The van der Waals surface area contributed by atoms with Crippen molar-refractivity contribution in [1.82, 2.24) is 15.0 Å². The van der Waals surface area contributed by atoms with Gasteiger partial charge in [-0.3, -0.25) is 5.32 Å². The van der Waals surface area contributed by atoms with Crippen LogP contribution in [-0.4, -0.2) is 33.3 Å². The number of methoxy groups -OCH3 is 1. The van der Waals surface area contributed by atoms with E-state index in [-0.39, 0.29) is 12.0 Å². The molecule has 0 saturated heterocycles. The van der Waals surface area contributed by atoms with Gasteiger partial charge in [0.05, 0.1) is 7.11 Å². The van der Waals surface area contributed by atoms with Crippen molar-refractivity contribution < 1.29 is 14.6 Å². The number of hydrogen-bond donors (Lipinski definition) is 2. The van der Waals surface area contributed by atoms with Crippen LogP contribution in [0.15, 0.2) is 0 Å².